The number of ether oxygens (including phenoxy) is 1. The highest BCUT2D eigenvalue weighted by Crippen LogP contribution is 2.35. The van der Waals surface area contributed by atoms with Crippen LogP contribution in [-0.2, 0) is 6.54 Å². The van der Waals surface area contributed by atoms with Gasteiger partial charge in [-0.15, -0.1) is 11.3 Å². The summed E-state index contributed by atoms with van der Waals surface area (Å²) in [6, 6.07) is 12.6. The highest BCUT2D eigenvalue weighted by atomic mass is 35.5. The Bertz CT molecular complexity index is 787. The summed E-state index contributed by atoms with van der Waals surface area (Å²) in [5, 5.41) is 4.84. The predicted molar refractivity (Wildman–Crippen MR) is 87.1 cm³/mol. The summed E-state index contributed by atoms with van der Waals surface area (Å²) in [5.74, 6) is 0.300. The van der Waals surface area contributed by atoms with Gasteiger partial charge >= 0.3 is 0 Å². The van der Waals surface area contributed by atoms with E-state index in [2.05, 4.69) is 5.32 Å². The van der Waals surface area contributed by atoms with Crippen LogP contribution in [0.25, 0.3) is 10.1 Å². The number of thiophene rings is 1. The van der Waals surface area contributed by atoms with Crippen LogP contribution in [0.15, 0.2) is 42.5 Å². The van der Waals surface area contributed by atoms with Gasteiger partial charge in [0.2, 0.25) is 0 Å². The first-order valence-electron chi connectivity index (χ1n) is 6.42. The maximum Gasteiger partial charge on any atom is 0.146 e. The average molecular weight is 322 g/mol. The zero-order valence-corrected chi connectivity index (χ0v) is 12.9. The number of hydrogen-bond donors (Lipinski definition) is 1. The van der Waals surface area contributed by atoms with E-state index in [0.29, 0.717) is 18.0 Å². The lowest BCUT2D eigenvalue weighted by molar-refractivity contribution is 0.414. The van der Waals surface area contributed by atoms with E-state index in [1.807, 2.05) is 24.3 Å². The first kappa shape index (κ1) is 14.2. The molecule has 3 aromatic rings. The maximum absolute atomic E-state index is 13.8. The predicted octanol–water partition coefficient (Wildman–Crippen LogP) is 5.31. The van der Waals surface area contributed by atoms with Crippen molar-refractivity contribution in [2.24, 2.45) is 0 Å². The monoisotopic (exact) mass is 321 g/mol. The molecule has 1 aromatic heterocycles. The second-order valence-corrected chi connectivity index (χ2v) is 6.05. The minimum atomic E-state index is -0.312. The lowest BCUT2D eigenvalue weighted by Crippen LogP contribution is -2.00. The molecule has 0 aliphatic heterocycles. The van der Waals surface area contributed by atoms with Gasteiger partial charge in [0.15, 0.2) is 0 Å². The topological polar surface area (TPSA) is 21.3 Å². The number of nitrogens with one attached hydrogen (secondary N) is 1. The van der Waals surface area contributed by atoms with Crippen LogP contribution >= 0.6 is 22.9 Å². The zero-order valence-electron chi connectivity index (χ0n) is 11.3. The fourth-order valence-corrected chi connectivity index (χ4v) is 3.56. The van der Waals surface area contributed by atoms with Crippen molar-refractivity contribution in [2.45, 2.75) is 6.54 Å². The fraction of sp³-hybridized carbons (Fsp3) is 0.125. The molecule has 0 spiro atoms. The van der Waals surface area contributed by atoms with Crippen molar-refractivity contribution in [3.8, 4) is 5.75 Å². The molecule has 0 aliphatic rings. The number of fused-ring (bicyclic) bond motifs is 1. The van der Waals surface area contributed by atoms with Gasteiger partial charge in [-0.1, -0.05) is 29.8 Å². The third-order valence-electron chi connectivity index (χ3n) is 3.21. The molecule has 3 rings (SSSR count). The van der Waals surface area contributed by atoms with Gasteiger partial charge in [0, 0.05) is 21.0 Å². The van der Waals surface area contributed by atoms with Gasteiger partial charge in [-0.2, -0.15) is 0 Å². The van der Waals surface area contributed by atoms with Crippen LogP contribution < -0.4 is 10.1 Å². The summed E-state index contributed by atoms with van der Waals surface area (Å²) < 4.78 is 20.0. The van der Waals surface area contributed by atoms with Crippen LogP contribution in [0.3, 0.4) is 0 Å². The van der Waals surface area contributed by atoms with Crippen molar-refractivity contribution < 1.29 is 9.13 Å². The molecule has 1 N–H and O–H groups in total. The lowest BCUT2D eigenvalue weighted by Gasteiger charge is -2.08. The van der Waals surface area contributed by atoms with Crippen LogP contribution in [0, 0.1) is 5.82 Å². The van der Waals surface area contributed by atoms with E-state index >= 15 is 0 Å². The molecule has 0 bridgehead atoms. The van der Waals surface area contributed by atoms with Gasteiger partial charge in [0.05, 0.1) is 24.4 Å². The number of rotatable bonds is 4. The van der Waals surface area contributed by atoms with Gasteiger partial charge in [0.25, 0.3) is 0 Å². The largest absolute Gasteiger partial charge is 0.497 e. The van der Waals surface area contributed by atoms with Crippen molar-refractivity contribution in [3.05, 3.63) is 58.2 Å². The van der Waals surface area contributed by atoms with Gasteiger partial charge in [-0.25, -0.2) is 4.39 Å². The van der Waals surface area contributed by atoms with E-state index < -0.39 is 0 Å². The Kier molecular flexibility index (Phi) is 3.99. The Labute approximate surface area is 131 Å². The smallest absolute Gasteiger partial charge is 0.146 e. The molecule has 0 aliphatic carbocycles. The normalized spacial score (nSPS) is 10.8. The van der Waals surface area contributed by atoms with Crippen LogP contribution in [0.2, 0.25) is 5.02 Å². The van der Waals surface area contributed by atoms with Crippen LogP contribution in [0.4, 0.5) is 10.1 Å². The summed E-state index contributed by atoms with van der Waals surface area (Å²) in [5.41, 5.74) is 0.405. The van der Waals surface area contributed by atoms with Crippen molar-refractivity contribution in [3.63, 3.8) is 0 Å². The molecular formula is C16H13ClFNOS. The van der Waals surface area contributed by atoms with Crippen molar-refractivity contribution in [1.82, 2.24) is 0 Å². The second kappa shape index (κ2) is 5.92. The van der Waals surface area contributed by atoms with Gasteiger partial charge in [-0.3, -0.25) is 0 Å². The van der Waals surface area contributed by atoms with Crippen molar-refractivity contribution in [1.29, 1.82) is 0 Å². The van der Waals surface area contributed by atoms with E-state index in [-0.39, 0.29) is 5.82 Å². The first-order valence-corrected chi connectivity index (χ1v) is 7.62. The Morgan fingerprint density at radius 2 is 2.05 bits per heavy atom. The lowest BCUT2D eigenvalue weighted by atomic mass is 10.2. The third-order valence-corrected chi connectivity index (χ3v) is 4.93. The molecule has 0 fully saturated rings. The highest BCUT2D eigenvalue weighted by Gasteiger charge is 2.11. The molecule has 0 amide bonds. The molecule has 0 atom stereocenters. The van der Waals surface area contributed by atoms with Crippen molar-refractivity contribution in [2.75, 3.05) is 12.4 Å². The maximum atomic E-state index is 13.8. The van der Waals surface area contributed by atoms with Crippen LogP contribution in [-0.4, -0.2) is 7.11 Å². The molecule has 1 heterocycles. The molecule has 0 saturated carbocycles. The molecule has 0 radical (unpaired) electrons. The van der Waals surface area contributed by atoms with E-state index in [1.165, 1.54) is 6.07 Å². The SMILES string of the molecule is COc1ccc(F)c(NCc2sc3ccccc3c2Cl)c1. The molecule has 2 aromatic carbocycles. The molecule has 0 unspecified atom stereocenters. The molecule has 5 heteroatoms. The number of hydrogen-bond acceptors (Lipinski definition) is 3. The minimum Gasteiger partial charge on any atom is -0.497 e. The molecular weight excluding hydrogens is 309 g/mol. The Hall–Kier alpha value is -1.78. The second-order valence-electron chi connectivity index (χ2n) is 4.53. The minimum absolute atomic E-state index is 0.312. The van der Waals surface area contributed by atoms with Crippen LogP contribution in [0.5, 0.6) is 5.75 Å². The number of methoxy groups -OCH3 is 1. The van der Waals surface area contributed by atoms with Crippen LogP contribution in [0.1, 0.15) is 4.88 Å². The molecule has 2 nitrogen and oxygen atoms in total. The average Bonchev–Trinajstić information content (AvgIpc) is 2.83. The summed E-state index contributed by atoms with van der Waals surface area (Å²) in [6.07, 6.45) is 0. The fourth-order valence-electron chi connectivity index (χ4n) is 2.12. The summed E-state index contributed by atoms with van der Waals surface area (Å²) in [4.78, 5) is 0.986. The third kappa shape index (κ3) is 2.82. The summed E-state index contributed by atoms with van der Waals surface area (Å²) in [6.45, 7) is 0.474. The molecule has 21 heavy (non-hydrogen) atoms. The number of benzene rings is 2. The Morgan fingerprint density at radius 3 is 2.81 bits per heavy atom. The highest BCUT2D eigenvalue weighted by molar-refractivity contribution is 7.19. The first-order chi connectivity index (χ1) is 10.2. The molecule has 0 saturated heterocycles. The standard InChI is InChI=1S/C16H13ClFNOS/c1-20-10-6-7-12(18)13(8-10)19-9-15-16(17)11-4-2-3-5-14(11)21-15/h2-8,19H,9H2,1H3. The van der Waals surface area contributed by atoms with E-state index in [0.717, 1.165) is 20.0 Å². The number of halogens is 2. The van der Waals surface area contributed by atoms with E-state index in [9.17, 15) is 4.39 Å². The van der Waals surface area contributed by atoms with Gasteiger partial charge < -0.3 is 10.1 Å². The van der Waals surface area contributed by atoms with Gasteiger partial charge in [0.1, 0.15) is 11.6 Å². The van der Waals surface area contributed by atoms with Crippen molar-refractivity contribution >= 4 is 38.7 Å². The van der Waals surface area contributed by atoms with E-state index in [4.69, 9.17) is 16.3 Å². The van der Waals surface area contributed by atoms with E-state index in [1.54, 1.807) is 30.6 Å². The summed E-state index contributed by atoms with van der Waals surface area (Å²) in [7, 11) is 1.56. The Morgan fingerprint density at radius 1 is 1.24 bits per heavy atom. The quantitative estimate of drug-likeness (QED) is 0.702. The Balaban J connectivity index is 1.85. The van der Waals surface area contributed by atoms with Gasteiger partial charge in [-0.05, 0) is 18.2 Å². The molecule has 108 valence electrons. The number of anilines is 1. The zero-order chi connectivity index (χ0) is 14.8. The summed E-state index contributed by atoms with van der Waals surface area (Å²) >= 11 is 7.98.